The number of hydrogen-bond acceptors (Lipinski definition) is 2. The van der Waals surface area contributed by atoms with Crippen LogP contribution in [-0.4, -0.2) is 16.9 Å². The second-order valence-electron chi connectivity index (χ2n) is 8.44. The summed E-state index contributed by atoms with van der Waals surface area (Å²) in [6.45, 7) is 11.8. The van der Waals surface area contributed by atoms with Crippen molar-refractivity contribution in [3.05, 3.63) is 30.1 Å². The van der Waals surface area contributed by atoms with Crippen molar-refractivity contribution in [1.29, 1.82) is 0 Å². The van der Waals surface area contributed by atoms with Gasteiger partial charge in [0.2, 0.25) is 5.91 Å². The summed E-state index contributed by atoms with van der Waals surface area (Å²) in [6, 6.07) is 4.16. The predicted molar refractivity (Wildman–Crippen MR) is 95.1 cm³/mol. The van der Waals surface area contributed by atoms with Crippen LogP contribution in [0.4, 0.5) is 0 Å². The molecule has 128 valence electrons. The lowest BCUT2D eigenvalue weighted by Crippen LogP contribution is -2.48. The zero-order chi connectivity index (χ0) is 17.1. The van der Waals surface area contributed by atoms with Crippen molar-refractivity contribution in [2.45, 2.75) is 72.8 Å². The fourth-order valence-electron chi connectivity index (χ4n) is 4.44. The Bertz CT molecular complexity index is 508. The van der Waals surface area contributed by atoms with Crippen molar-refractivity contribution in [2.75, 3.05) is 0 Å². The Labute approximate surface area is 141 Å². The van der Waals surface area contributed by atoms with Gasteiger partial charge in [-0.25, -0.2) is 0 Å². The van der Waals surface area contributed by atoms with Crippen molar-refractivity contribution in [2.24, 2.45) is 16.7 Å². The van der Waals surface area contributed by atoms with E-state index in [-0.39, 0.29) is 5.91 Å². The summed E-state index contributed by atoms with van der Waals surface area (Å²) < 4.78 is 0. The molecule has 1 heterocycles. The number of aromatic nitrogens is 1. The quantitative estimate of drug-likeness (QED) is 0.896. The minimum Gasteiger partial charge on any atom is -0.353 e. The van der Waals surface area contributed by atoms with E-state index in [1.807, 2.05) is 12.1 Å². The van der Waals surface area contributed by atoms with E-state index in [1.54, 1.807) is 12.4 Å². The molecule has 3 heteroatoms. The number of nitrogens with one attached hydrogen (secondary N) is 1. The SMILES string of the molecule is CC(C)C1(C(C)(C)C)CCC(NC(=O)Cc2cccnc2)CC1. The third kappa shape index (κ3) is 4.13. The van der Waals surface area contributed by atoms with Crippen LogP contribution in [0.2, 0.25) is 0 Å². The third-order valence-corrected chi connectivity index (χ3v) is 5.93. The summed E-state index contributed by atoms with van der Waals surface area (Å²) in [5.41, 5.74) is 1.68. The molecule has 2 rings (SSSR count). The highest BCUT2D eigenvalue weighted by atomic mass is 16.1. The molecule has 1 aromatic rings. The second kappa shape index (κ2) is 7.02. The van der Waals surface area contributed by atoms with E-state index < -0.39 is 0 Å². The van der Waals surface area contributed by atoms with E-state index in [4.69, 9.17) is 0 Å². The lowest BCUT2D eigenvalue weighted by Gasteiger charge is -2.52. The van der Waals surface area contributed by atoms with Crippen molar-refractivity contribution >= 4 is 5.91 Å². The van der Waals surface area contributed by atoms with Gasteiger partial charge in [0.15, 0.2) is 0 Å². The van der Waals surface area contributed by atoms with Crippen LogP contribution in [0.1, 0.15) is 65.9 Å². The topological polar surface area (TPSA) is 42.0 Å². The van der Waals surface area contributed by atoms with Gasteiger partial charge >= 0.3 is 0 Å². The van der Waals surface area contributed by atoms with Gasteiger partial charge in [-0.05, 0) is 54.1 Å². The Morgan fingerprint density at radius 2 is 2.00 bits per heavy atom. The summed E-state index contributed by atoms with van der Waals surface area (Å²) in [5.74, 6) is 0.797. The first kappa shape index (κ1) is 18.0. The zero-order valence-corrected chi connectivity index (χ0v) is 15.4. The van der Waals surface area contributed by atoms with Gasteiger partial charge in [0, 0.05) is 18.4 Å². The van der Waals surface area contributed by atoms with E-state index in [1.165, 1.54) is 12.8 Å². The van der Waals surface area contributed by atoms with Gasteiger partial charge in [0.25, 0.3) is 0 Å². The third-order valence-electron chi connectivity index (χ3n) is 5.93. The monoisotopic (exact) mass is 316 g/mol. The molecule has 0 unspecified atom stereocenters. The van der Waals surface area contributed by atoms with Crippen LogP contribution in [-0.2, 0) is 11.2 Å². The molecule has 3 nitrogen and oxygen atoms in total. The van der Waals surface area contributed by atoms with Crippen molar-refractivity contribution in [3.8, 4) is 0 Å². The highest BCUT2D eigenvalue weighted by molar-refractivity contribution is 5.78. The molecule has 0 spiro atoms. The molecule has 1 fully saturated rings. The first-order chi connectivity index (χ1) is 10.7. The fourth-order valence-corrected chi connectivity index (χ4v) is 4.44. The highest BCUT2D eigenvalue weighted by Crippen LogP contribution is 2.54. The molecule has 0 radical (unpaired) electrons. The number of rotatable bonds is 4. The minimum atomic E-state index is 0.121. The van der Waals surface area contributed by atoms with Gasteiger partial charge in [-0.1, -0.05) is 40.7 Å². The zero-order valence-electron chi connectivity index (χ0n) is 15.4. The molecule has 1 aliphatic carbocycles. The lowest BCUT2D eigenvalue weighted by atomic mass is 9.54. The van der Waals surface area contributed by atoms with Crippen LogP contribution in [0.3, 0.4) is 0 Å². The first-order valence-electron chi connectivity index (χ1n) is 8.93. The standard InChI is InChI=1S/C20H32N2O/c1-15(2)20(19(3,4)5)10-8-17(9-11-20)22-18(23)13-16-7-6-12-21-14-16/h6-7,12,14-15,17H,8-11,13H2,1-5H3,(H,22,23). The summed E-state index contributed by atoms with van der Waals surface area (Å²) >= 11 is 0. The van der Waals surface area contributed by atoms with E-state index in [0.717, 1.165) is 18.4 Å². The minimum absolute atomic E-state index is 0.121. The number of carbonyl (C=O) groups is 1. The molecular formula is C20H32N2O. The smallest absolute Gasteiger partial charge is 0.224 e. The lowest BCUT2D eigenvalue weighted by molar-refractivity contribution is -0.121. The molecule has 1 saturated carbocycles. The first-order valence-corrected chi connectivity index (χ1v) is 8.93. The van der Waals surface area contributed by atoms with Crippen LogP contribution >= 0.6 is 0 Å². The van der Waals surface area contributed by atoms with Crippen LogP contribution in [0, 0.1) is 16.7 Å². The molecule has 1 aliphatic rings. The predicted octanol–water partition coefficient (Wildman–Crippen LogP) is 4.37. The fraction of sp³-hybridized carbons (Fsp3) is 0.700. The van der Waals surface area contributed by atoms with Crippen molar-refractivity contribution in [1.82, 2.24) is 10.3 Å². The van der Waals surface area contributed by atoms with Gasteiger partial charge < -0.3 is 5.32 Å². The Morgan fingerprint density at radius 1 is 1.35 bits per heavy atom. The van der Waals surface area contributed by atoms with Crippen LogP contribution in [0.25, 0.3) is 0 Å². The number of pyridine rings is 1. The van der Waals surface area contributed by atoms with E-state index in [9.17, 15) is 4.79 Å². The molecule has 0 atom stereocenters. The number of amides is 1. The van der Waals surface area contributed by atoms with Gasteiger partial charge in [-0.3, -0.25) is 9.78 Å². The molecular weight excluding hydrogens is 284 g/mol. The Hall–Kier alpha value is -1.38. The number of hydrogen-bond donors (Lipinski definition) is 1. The maximum atomic E-state index is 12.2. The summed E-state index contributed by atoms with van der Waals surface area (Å²) in [5, 5.41) is 3.23. The van der Waals surface area contributed by atoms with Crippen LogP contribution < -0.4 is 5.32 Å². The molecule has 0 aliphatic heterocycles. The van der Waals surface area contributed by atoms with Crippen LogP contribution in [0.15, 0.2) is 24.5 Å². The second-order valence-corrected chi connectivity index (χ2v) is 8.44. The number of carbonyl (C=O) groups excluding carboxylic acids is 1. The molecule has 0 bridgehead atoms. The summed E-state index contributed by atoms with van der Waals surface area (Å²) in [7, 11) is 0. The van der Waals surface area contributed by atoms with Gasteiger partial charge in [0.05, 0.1) is 6.42 Å². The van der Waals surface area contributed by atoms with Gasteiger partial charge in [-0.15, -0.1) is 0 Å². The Kier molecular flexibility index (Phi) is 5.49. The Balaban J connectivity index is 1.90. The highest BCUT2D eigenvalue weighted by Gasteiger charge is 2.46. The molecule has 1 aromatic heterocycles. The molecule has 23 heavy (non-hydrogen) atoms. The van der Waals surface area contributed by atoms with Crippen LogP contribution in [0.5, 0.6) is 0 Å². The Morgan fingerprint density at radius 3 is 2.48 bits per heavy atom. The average Bonchev–Trinajstić information content (AvgIpc) is 2.47. The maximum Gasteiger partial charge on any atom is 0.224 e. The van der Waals surface area contributed by atoms with Crippen molar-refractivity contribution in [3.63, 3.8) is 0 Å². The van der Waals surface area contributed by atoms with E-state index >= 15 is 0 Å². The largest absolute Gasteiger partial charge is 0.353 e. The van der Waals surface area contributed by atoms with E-state index in [0.29, 0.717) is 29.2 Å². The molecule has 0 saturated heterocycles. The van der Waals surface area contributed by atoms with E-state index in [2.05, 4.69) is 44.9 Å². The number of nitrogens with zero attached hydrogens (tertiary/aromatic N) is 1. The molecule has 1 amide bonds. The average molecular weight is 316 g/mol. The van der Waals surface area contributed by atoms with Gasteiger partial charge in [0.1, 0.15) is 0 Å². The van der Waals surface area contributed by atoms with Crippen molar-refractivity contribution < 1.29 is 4.79 Å². The molecule has 0 aromatic carbocycles. The normalized spacial score (nSPS) is 25.4. The summed E-state index contributed by atoms with van der Waals surface area (Å²) in [6.07, 6.45) is 8.52. The van der Waals surface area contributed by atoms with Gasteiger partial charge in [-0.2, -0.15) is 0 Å². The molecule has 1 N–H and O–H groups in total. The summed E-state index contributed by atoms with van der Waals surface area (Å²) in [4.78, 5) is 16.3. The maximum absolute atomic E-state index is 12.2.